The molecule has 0 bridgehead atoms. The van der Waals surface area contributed by atoms with Gasteiger partial charge < -0.3 is 14.8 Å². The zero-order valence-electron chi connectivity index (χ0n) is 22.8. The summed E-state index contributed by atoms with van der Waals surface area (Å²) in [7, 11) is 0. The molecule has 2 aliphatic heterocycles. The second kappa shape index (κ2) is 9.31. The number of hydrogen-bond acceptors (Lipinski definition) is 7. The minimum atomic E-state index is -0.460. The summed E-state index contributed by atoms with van der Waals surface area (Å²) < 4.78 is 17.3. The molecule has 9 heteroatoms. The third kappa shape index (κ3) is 4.38. The predicted octanol–water partition coefficient (Wildman–Crippen LogP) is 5.29. The summed E-state index contributed by atoms with van der Waals surface area (Å²) in [6, 6.07) is 8.52. The van der Waals surface area contributed by atoms with E-state index in [4.69, 9.17) is 4.98 Å². The molecule has 3 aromatic heterocycles. The number of halogens is 1. The highest BCUT2D eigenvalue weighted by Gasteiger charge is 2.32. The molecule has 0 spiro atoms. The predicted molar refractivity (Wildman–Crippen MR) is 150 cm³/mol. The number of benzene rings is 1. The minimum absolute atomic E-state index is 0.0219. The van der Waals surface area contributed by atoms with Crippen molar-refractivity contribution in [1.82, 2.24) is 29.4 Å². The summed E-state index contributed by atoms with van der Waals surface area (Å²) in [5, 5.41) is 3.15. The number of imidazole rings is 1. The fraction of sp³-hybridized carbons (Fsp3) is 0.448. The van der Waals surface area contributed by atoms with Crippen LogP contribution in [0.2, 0.25) is 0 Å². The zero-order chi connectivity index (χ0) is 26.6. The molecule has 1 fully saturated rings. The van der Waals surface area contributed by atoms with E-state index in [0.29, 0.717) is 23.4 Å². The lowest BCUT2D eigenvalue weighted by atomic mass is 10.0. The van der Waals surface area contributed by atoms with Gasteiger partial charge in [-0.3, -0.25) is 4.90 Å². The largest absolute Gasteiger partial charge is 0.368 e. The molecule has 0 saturated carbocycles. The van der Waals surface area contributed by atoms with Crippen molar-refractivity contribution < 1.29 is 4.39 Å². The summed E-state index contributed by atoms with van der Waals surface area (Å²) in [5.74, 6) is 1.56. The van der Waals surface area contributed by atoms with E-state index in [1.807, 2.05) is 31.3 Å². The van der Waals surface area contributed by atoms with E-state index >= 15 is 4.39 Å². The average Bonchev–Trinajstić information content (AvgIpc) is 3.43. The van der Waals surface area contributed by atoms with Crippen LogP contribution in [-0.2, 0) is 12.0 Å². The smallest absolute Gasteiger partial charge is 0.229 e. The fourth-order valence-electron chi connectivity index (χ4n) is 5.79. The van der Waals surface area contributed by atoms with E-state index in [1.165, 1.54) is 6.20 Å². The molecule has 0 unspecified atom stereocenters. The van der Waals surface area contributed by atoms with Gasteiger partial charge in [-0.25, -0.2) is 24.3 Å². The number of aryl methyl sites for hydroxylation is 2. The number of hydrogen-bond donors (Lipinski definition) is 1. The Hall–Kier alpha value is -3.59. The summed E-state index contributed by atoms with van der Waals surface area (Å²) >= 11 is 0. The number of nitrogens with one attached hydrogen (secondary N) is 1. The van der Waals surface area contributed by atoms with Crippen molar-refractivity contribution in [2.45, 2.75) is 59.0 Å². The van der Waals surface area contributed by atoms with Crippen molar-refractivity contribution in [2.24, 2.45) is 0 Å². The van der Waals surface area contributed by atoms with Crippen LogP contribution < -0.4 is 10.2 Å². The molecule has 4 aromatic rings. The van der Waals surface area contributed by atoms with Crippen molar-refractivity contribution in [3.05, 3.63) is 53.9 Å². The van der Waals surface area contributed by atoms with Crippen LogP contribution in [0.15, 0.2) is 36.7 Å². The van der Waals surface area contributed by atoms with Crippen molar-refractivity contribution >= 4 is 28.5 Å². The average molecular weight is 515 g/mol. The summed E-state index contributed by atoms with van der Waals surface area (Å²) in [6.07, 6.45) is 5.09. The first-order chi connectivity index (χ1) is 18.2. The van der Waals surface area contributed by atoms with Crippen molar-refractivity contribution in [2.75, 3.05) is 36.4 Å². The van der Waals surface area contributed by atoms with E-state index in [0.717, 1.165) is 67.1 Å². The van der Waals surface area contributed by atoms with Crippen molar-refractivity contribution in [3.8, 4) is 11.3 Å². The zero-order valence-corrected chi connectivity index (χ0v) is 22.8. The molecule has 38 heavy (non-hydrogen) atoms. The maximum atomic E-state index is 15.0. The molecule has 0 radical (unpaired) electrons. The number of nitrogens with zero attached hydrogens (tertiary/aromatic N) is 7. The van der Waals surface area contributed by atoms with Crippen LogP contribution in [-0.4, -0.2) is 61.6 Å². The molecule has 198 valence electrons. The van der Waals surface area contributed by atoms with E-state index in [1.54, 1.807) is 0 Å². The minimum Gasteiger partial charge on any atom is -0.368 e. The highest BCUT2D eigenvalue weighted by Crippen LogP contribution is 2.38. The Balaban J connectivity index is 1.24. The molecule has 5 heterocycles. The van der Waals surface area contributed by atoms with Crippen LogP contribution in [0.4, 0.5) is 21.8 Å². The molecule has 0 atom stereocenters. The number of piperazine rings is 1. The molecule has 1 N–H and O–H groups in total. The standard InChI is InChI=1S/C29H35FN8/c1-18(2)36-10-12-37(13-11-36)21-6-7-24(31-16-21)33-28-32-17-22(30)27(35-28)20-14-19(3)26-23(15-20)38-25(34-26)8-9-29(38,4)5/h6-7,14-18H,8-13H2,1-5H3,(H,31,32,33,35). The van der Waals surface area contributed by atoms with Crippen LogP contribution >= 0.6 is 0 Å². The van der Waals surface area contributed by atoms with Gasteiger partial charge in [0.25, 0.3) is 0 Å². The first kappa shape index (κ1) is 24.7. The van der Waals surface area contributed by atoms with Crippen molar-refractivity contribution in [3.63, 3.8) is 0 Å². The Morgan fingerprint density at radius 2 is 1.79 bits per heavy atom. The highest BCUT2D eigenvalue weighted by molar-refractivity contribution is 5.86. The third-order valence-corrected chi connectivity index (χ3v) is 8.00. The second-order valence-corrected chi connectivity index (χ2v) is 11.4. The lowest BCUT2D eigenvalue weighted by Crippen LogP contribution is -2.48. The Kier molecular flexibility index (Phi) is 6.06. The van der Waals surface area contributed by atoms with Gasteiger partial charge in [0.1, 0.15) is 17.3 Å². The second-order valence-electron chi connectivity index (χ2n) is 11.4. The third-order valence-electron chi connectivity index (χ3n) is 8.00. The van der Waals surface area contributed by atoms with Crippen LogP contribution in [0.3, 0.4) is 0 Å². The van der Waals surface area contributed by atoms with E-state index in [2.05, 4.69) is 68.4 Å². The van der Waals surface area contributed by atoms with Gasteiger partial charge in [-0.05, 0) is 70.9 Å². The number of pyridine rings is 1. The highest BCUT2D eigenvalue weighted by atomic mass is 19.1. The first-order valence-corrected chi connectivity index (χ1v) is 13.5. The SMILES string of the molecule is Cc1cc(-c2nc(Nc3ccc(N4CCN(C(C)C)CC4)cn3)ncc2F)cc2c1nc1n2C(C)(C)CC1. The molecule has 2 aliphatic rings. The number of aromatic nitrogens is 5. The van der Waals surface area contributed by atoms with Crippen LogP contribution in [0.1, 0.15) is 45.5 Å². The lowest BCUT2D eigenvalue weighted by Gasteiger charge is -2.38. The topological polar surface area (TPSA) is 75.0 Å². The number of fused-ring (bicyclic) bond motifs is 3. The first-order valence-electron chi connectivity index (χ1n) is 13.5. The Bertz CT molecular complexity index is 1480. The van der Waals surface area contributed by atoms with Gasteiger partial charge in [-0.15, -0.1) is 0 Å². The van der Waals surface area contributed by atoms with Gasteiger partial charge in [0.15, 0.2) is 5.82 Å². The Morgan fingerprint density at radius 3 is 2.50 bits per heavy atom. The fourth-order valence-corrected chi connectivity index (χ4v) is 5.79. The quantitative estimate of drug-likeness (QED) is 0.388. The Labute approximate surface area is 222 Å². The van der Waals surface area contributed by atoms with Crippen molar-refractivity contribution in [1.29, 1.82) is 0 Å². The van der Waals surface area contributed by atoms with Gasteiger partial charge in [-0.2, -0.15) is 0 Å². The van der Waals surface area contributed by atoms with E-state index in [9.17, 15) is 0 Å². The Morgan fingerprint density at radius 1 is 1.00 bits per heavy atom. The molecule has 1 saturated heterocycles. The molecule has 0 aliphatic carbocycles. The molecular weight excluding hydrogens is 479 g/mol. The van der Waals surface area contributed by atoms with Crippen LogP contribution in [0, 0.1) is 12.7 Å². The van der Waals surface area contributed by atoms with Gasteiger partial charge in [-0.1, -0.05) is 0 Å². The monoisotopic (exact) mass is 514 g/mol. The number of anilines is 3. The maximum absolute atomic E-state index is 15.0. The van der Waals surface area contributed by atoms with Gasteiger partial charge in [0.2, 0.25) is 5.95 Å². The molecule has 1 aromatic carbocycles. The summed E-state index contributed by atoms with van der Waals surface area (Å²) in [4.78, 5) is 23.0. The van der Waals surface area contributed by atoms with Crippen LogP contribution in [0.25, 0.3) is 22.3 Å². The molecular formula is C29H35FN8. The molecule has 0 amide bonds. The normalized spacial score (nSPS) is 17.4. The van der Waals surface area contributed by atoms with E-state index in [-0.39, 0.29) is 11.2 Å². The molecule has 6 rings (SSSR count). The van der Waals surface area contributed by atoms with E-state index < -0.39 is 5.82 Å². The summed E-state index contributed by atoms with van der Waals surface area (Å²) in [5.41, 5.74) is 5.06. The number of rotatable bonds is 5. The van der Waals surface area contributed by atoms with Gasteiger partial charge >= 0.3 is 0 Å². The van der Waals surface area contributed by atoms with Gasteiger partial charge in [0, 0.05) is 49.7 Å². The lowest BCUT2D eigenvalue weighted by molar-refractivity contribution is 0.209. The van der Waals surface area contributed by atoms with Gasteiger partial charge in [0.05, 0.1) is 29.1 Å². The van der Waals surface area contributed by atoms with Crippen LogP contribution in [0.5, 0.6) is 0 Å². The summed E-state index contributed by atoms with van der Waals surface area (Å²) in [6.45, 7) is 15.0. The maximum Gasteiger partial charge on any atom is 0.229 e. The molecule has 8 nitrogen and oxygen atoms in total.